The molecule has 38 heavy (non-hydrogen) atoms. The van der Waals surface area contributed by atoms with Gasteiger partial charge in [0, 0.05) is 42.6 Å². The van der Waals surface area contributed by atoms with E-state index >= 15 is 0 Å². The van der Waals surface area contributed by atoms with Crippen molar-refractivity contribution in [1.82, 2.24) is 20.2 Å². The van der Waals surface area contributed by atoms with E-state index in [0.717, 1.165) is 59.2 Å². The van der Waals surface area contributed by atoms with Crippen LogP contribution in [0.25, 0.3) is 22.5 Å². The van der Waals surface area contributed by atoms with Crippen LogP contribution in [0.1, 0.15) is 40.0 Å². The Kier molecular flexibility index (Phi) is 13.2. The van der Waals surface area contributed by atoms with Gasteiger partial charge >= 0.3 is 6.03 Å². The Morgan fingerprint density at radius 2 is 1.61 bits per heavy atom. The predicted octanol–water partition coefficient (Wildman–Crippen LogP) is 6.48. The van der Waals surface area contributed by atoms with Crippen LogP contribution in [0.5, 0.6) is 0 Å². The van der Waals surface area contributed by atoms with Gasteiger partial charge in [0.1, 0.15) is 0 Å². The number of nitrogens with one attached hydrogen (secondary N) is 2. The van der Waals surface area contributed by atoms with Crippen LogP contribution in [0, 0.1) is 0 Å². The second kappa shape index (κ2) is 16.9. The number of hydrogen-bond acceptors (Lipinski definition) is 5. The molecular formula is C30H42N4O3S. The van der Waals surface area contributed by atoms with Crippen LogP contribution >= 0.6 is 11.8 Å². The molecule has 7 nitrogen and oxygen atoms in total. The molecule has 0 unspecified atom stereocenters. The van der Waals surface area contributed by atoms with Gasteiger partial charge in [0.15, 0.2) is 5.16 Å². The molecule has 1 aromatic heterocycles. The molecule has 0 saturated heterocycles. The average molecular weight is 539 g/mol. The first-order valence-electron chi connectivity index (χ1n) is 13.6. The molecule has 3 aromatic rings. The molecule has 3 rings (SSSR count). The van der Waals surface area contributed by atoms with Gasteiger partial charge in [-0.25, -0.2) is 9.78 Å². The van der Waals surface area contributed by atoms with E-state index in [1.54, 1.807) is 11.8 Å². The van der Waals surface area contributed by atoms with Crippen LogP contribution < -0.4 is 5.32 Å². The number of amides is 2. The summed E-state index contributed by atoms with van der Waals surface area (Å²) < 4.78 is 10.9. The average Bonchev–Trinajstić information content (AvgIpc) is 3.36. The highest BCUT2D eigenvalue weighted by Gasteiger charge is 2.15. The molecule has 8 heteroatoms. The summed E-state index contributed by atoms with van der Waals surface area (Å²) in [6, 6.07) is 20.7. The van der Waals surface area contributed by atoms with Crippen molar-refractivity contribution in [2.24, 2.45) is 0 Å². The van der Waals surface area contributed by atoms with Gasteiger partial charge in [-0.05, 0) is 33.6 Å². The van der Waals surface area contributed by atoms with E-state index in [-0.39, 0.29) is 12.1 Å². The lowest BCUT2D eigenvalue weighted by Crippen LogP contribution is -2.44. The van der Waals surface area contributed by atoms with Crippen LogP contribution in [0.15, 0.2) is 65.8 Å². The molecule has 0 aliphatic carbocycles. The van der Waals surface area contributed by atoms with Gasteiger partial charge in [-0.2, -0.15) is 0 Å². The van der Waals surface area contributed by atoms with E-state index in [0.29, 0.717) is 33.0 Å². The number of imidazole rings is 1. The zero-order valence-electron chi connectivity index (χ0n) is 22.9. The topological polar surface area (TPSA) is 79.5 Å². The molecule has 0 radical (unpaired) electrons. The van der Waals surface area contributed by atoms with Crippen molar-refractivity contribution < 1.29 is 14.3 Å². The molecule has 0 saturated carbocycles. The molecule has 2 amide bonds. The predicted molar refractivity (Wildman–Crippen MR) is 157 cm³/mol. The third-order valence-electron chi connectivity index (χ3n) is 5.88. The Hall–Kier alpha value is -2.81. The Morgan fingerprint density at radius 3 is 2.29 bits per heavy atom. The van der Waals surface area contributed by atoms with E-state index in [4.69, 9.17) is 14.5 Å². The molecule has 2 aromatic carbocycles. The van der Waals surface area contributed by atoms with Crippen LogP contribution in [-0.2, 0) is 9.47 Å². The van der Waals surface area contributed by atoms with Gasteiger partial charge in [0.25, 0.3) is 0 Å². The Bertz CT molecular complexity index is 1000. The minimum absolute atomic E-state index is 0.0275. The van der Waals surface area contributed by atoms with Gasteiger partial charge in [-0.3, -0.25) is 0 Å². The van der Waals surface area contributed by atoms with Crippen LogP contribution in [0.3, 0.4) is 0 Å². The summed E-state index contributed by atoms with van der Waals surface area (Å²) in [5.41, 5.74) is 4.27. The first-order valence-corrected chi connectivity index (χ1v) is 14.6. The smallest absolute Gasteiger partial charge is 0.317 e. The number of ether oxygens (including phenoxy) is 2. The number of rotatable bonds is 17. The SMILES string of the molecule is CCOCCOCCN(CCCCCSc1nc(-c2ccccc2)c(-c2ccccc2)[nH]1)C(=O)NC(C)C. The maximum absolute atomic E-state index is 12.6. The second-order valence-corrected chi connectivity index (χ2v) is 10.4. The first-order chi connectivity index (χ1) is 18.6. The number of hydrogen-bond donors (Lipinski definition) is 2. The van der Waals surface area contributed by atoms with Crippen LogP contribution in [-0.4, -0.2) is 72.2 Å². The molecular weight excluding hydrogens is 496 g/mol. The van der Waals surface area contributed by atoms with E-state index in [9.17, 15) is 4.79 Å². The third kappa shape index (κ3) is 10.2. The number of aromatic nitrogens is 2. The minimum atomic E-state index is -0.0275. The van der Waals surface area contributed by atoms with Gasteiger partial charge in [-0.1, -0.05) is 78.8 Å². The number of benzene rings is 2. The monoisotopic (exact) mass is 538 g/mol. The van der Waals surface area contributed by atoms with Crippen molar-refractivity contribution in [3.63, 3.8) is 0 Å². The number of aromatic amines is 1. The molecule has 0 fully saturated rings. The van der Waals surface area contributed by atoms with Gasteiger partial charge in [0.05, 0.1) is 31.2 Å². The third-order valence-corrected chi connectivity index (χ3v) is 6.84. The highest BCUT2D eigenvalue weighted by atomic mass is 32.2. The fraction of sp³-hybridized carbons (Fsp3) is 0.467. The number of nitrogens with zero attached hydrogens (tertiary/aromatic N) is 2. The Morgan fingerprint density at radius 1 is 0.921 bits per heavy atom. The van der Waals surface area contributed by atoms with Crippen molar-refractivity contribution >= 4 is 17.8 Å². The number of thioether (sulfide) groups is 1. The number of unbranched alkanes of at least 4 members (excludes halogenated alkanes) is 2. The number of carbonyl (C=O) groups excluding carboxylic acids is 1. The molecule has 2 N–H and O–H groups in total. The highest BCUT2D eigenvalue weighted by Crippen LogP contribution is 2.32. The maximum Gasteiger partial charge on any atom is 0.317 e. The standard InChI is InChI=1S/C30H42N4O3S/c1-4-36-21-22-37-20-19-34(30(35)31-24(2)3)18-12-7-13-23-38-29-32-27(25-14-8-5-9-15-25)28(33-29)26-16-10-6-11-17-26/h5-6,8-11,14-17,24H,4,7,12-13,18-23H2,1-3H3,(H,31,35)(H,32,33). The Balaban J connectivity index is 1.47. The molecule has 1 heterocycles. The minimum Gasteiger partial charge on any atom is -0.379 e. The largest absolute Gasteiger partial charge is 0.379 e. The van der Waals surface area contributed by atoms with E-state index in [1.165, 1.54) is 0 Å². The summed E-state index contributed by atoms with van der Waals surface area (Å²) >= 11 is 1.75. The molecule has 0 aliphatic heterocycles. The van der Waals surface area contributed by atoms with E-state index < -0.39 is 0 Å². The van der Waals surface area contributed by atoms with E-state index in [1.807, 2.05) is 49.9 Å². The summed E-state index contributed by atoms with van der Waals surface area (Å²) in [5.74, 6) is 0.967. The summed E-state index contributed by atoms with van der Waals surface area (Å²) in [6.45, 7) is 9.56. The molecule has 0 aliphatic rings. The lowest BCUT2D eigenvalue weighted by atomic mass is 10.1. The summed E-state index contributed by atoms with van der Waals surface area (Å²) in [6.07, 6.45) is 3.05. The van der Waals surface area contributed by atoms with Gasteiger partial charge in [-0.15, -0.1) is 0 Å². The fourth-order valence-corrected chi connectivity index (χ4v) is 4.85. The molecule has 0 bridgehead atoms. The summed E-state index contributed by atoms with van der Waals surface area (Å²) in [7, 11) is 0. The van der Waals surface area contributed by atoms with Crippen LogP contribution in [0.2, 0.25) is 0 Å². The number of urea groups is 1. The van der Waals surface area contributed by atoms with Crippen molar-refractivity contribution in [1.29, 1.82) is 0 Å². The summed E-state index contributed by atoms with van der Waals surface area (Å²) in [5, 5.41) is 3.94. The Labute approximate surface area is 231 Å². The van der Waals surface area contributed by atoms with Gasteiger partial charge in [0.2, 0.25) is 0 Å². The second-order valence-electron chi connectivity index (χ2n) is 9.31. The number of H-pyrrole nitrogens is 1. The fourth-order valence-electron chi connectivity index (χ4n) is 3.98. The highest BCUT2D eigenvalue weighted by molar-refractivity contribution is 7.99. The number of carbonyl (C=O) groups is 1. The maximum atomic E-state index is 12.6. The van der Waals surface area contributed by atoms with Crippen molar-refractivity contribution in [2.45, 2.75) is 51.2 Å². The molecule has 0 spiro atoms. The summed E-state index contributed by atoms with van der Waals surface area (Å²) in [4.78, 5) is 23.0. The van der Waals surface area contributed by atoms with Gasteiger partial charge < -0.3 is 24.7 Å². The van der Waals surface area contributed by atoms with Crippen LogP contribution in [0.4, 0.5) is 4.79 Å². The lowest BCUT2D eigenvalue weighted by Gasteiger charge is -2.24. The lowest BCUT2D eigenvalue weighted by molar-refractivity contribution is 0.0458. The zero-order valence-corrected chi connectivity index (χ0v) is 23.8. The normalized spacial score (nSPS) is 11.2. The zero-order chi connectivity index (χ0) is 27.0. The molecule has 0 atom stereocenters. The van der Waals surface area contributed by atoms with E-state index in [2.05, 4.69) is 46.7 Å². The quantitative estimate of drug-likeness (QED) is 0.152. The van der Waals surface area contributed by atoms with Crippen molar-refractivity contribution in [3.8, 4) is 22.5 Å². The van der Waals surface area contributed by atoms with Crippen molar-refractivity contribution in [3.05, 3.63) is 60.7 Å². The molecule has 206 valence electrons. The van der Waals surface area contributed by atoms with Crippen molar-refractivity contribution in [2.75, 3.05) is 45.3 Å². The first kappa shape index (κ1) is 29.7.